The Morgan fingerprint density at radius 2 is 2.11 bits per heavy atom. The molecule has 2 aromatic rings. The summed E-state index contributed by atoms with van der Waals surface area (Å²) in [5.74, 6) is 1.63. The number of halogens is 1. The predicted molar refractivity (Wildman–Crippen MR) is 80.9 cm³/mol. The Kier molecular flexibility index (Phi) is 4.39. The maximum absolute atomic E-state index is 5.79. The Morgan fingerprint density at radius 1 is 1.37 bits per heavy atom. The van der Waals surface area contributed by atoms with Crippen LogP contribution in [0.2, 0.25) is 0 Å². The van der Waals surface area contributed by atoms with Gasteiger partial charge in [0, 0.05) is 29.8 Å². The van der Waals surface area contributed by atoms with Gasteiger partial charge in [-0.15, -0.1) is 0 Å². The van der Waals surface area contributed by atoms with E-state index < -0.39 is 0 Å². The largest absolute Gasteiger partial charge is 0.495 e. The van der Waals surface area contributed by atoms with Crippen molar-refractivity contribution < 1.29 is 4.74 Å². The molecule has 19 heavy (non-hydrogen) atoms. The third-order valence-electron chi connectivity index (χ3n) is 2.89. The van der Waals surface area contributed by atoms with Crippen LogP contribution in [0.25, 0.3) is 0 Å². The highest BCUT2D eigenvalue weighted by atomic mass is 79.9. The van der Waals surface area contributed by atoms with Gasteiger partial charge >= 0.3 is 0 Å². The molecule has 1 aromatic carbocycles. The Balaban J connectivity index is 2.46. The number of methoxy groups -OCH3 is 1. The molecule has 0 aliphatic rings. The van der Waals surface area contributed by atoms with E-state index in [9.17, 15) is 0 Å². The molecule has 2 N–H and O–H groups in total. The minimum atomic E-state index is 0.432. The van der Waals surface area contributed by atoms with Crippen LogP contribution in [0.3, 0.4) is 0 Å². The van der Waals surface area contributed by atoms with Crippen LogP contribution in [-0.4, -0.2) is 19.1 Å². The molecule has 2 rings (SSSR count). The maximum Gasteiger partial charge on any atom is 0.142 e. The summed E-state index contributed by atoms with van der Waals surface area (Å²) in [6, 6.07) is 9.80. The molecule has 0 spiro atoms. The molecule has 4 nitrogen and oxygen atoms in total. The first-order chi connectivity index (χ1) is 9.17. The molecule has 0 aliphatic heterocycles. The molecule has 100 valence electrons. The summed E-state index contributed by atoms with van der Waals surface area (Å²) >= 11 is 3.41. The number of benzene rings is 1. The van der Waals surface area contributed by atoms with Crippen molar-refractivity contribution >= 4 is 27.4 Å². The number of nitrogens with zero attached hydrogens (tertiary/aromatic N) is 2. The van der Waals surface area contributed by atoms with Crippen LogP contribution in [0.5, 0.6) is 5.75 Å². The number of para-hydroxylation sites is 2. The third kappa shape index (κ3) is 2.88. The zero-order valence-corrected chi connectivity index (χ0v) is 12.5. The average Bonchev–Trinajstić information content (AvgIpc) is 2.46. The molecule has 0 atom stereocenters. The van der Waals surface area contributed by atoms with Gasteiger partial charge in [0.05, 0.1) is 12.8 Å². The number of aromatic nitrogens is 1. The van der Waals surface area contributed by atoms with Gasteiger partial charge in [0.1, 0.15) is 11.6 Å². The molecule has 5 heteroatoms. The quantitative estimate of drug-likeness (QED) is 0.940. The molecule has 1 aromatic heterocycles. The zero-order chi connectivity index (χ0) is 13.8. The zero-order valence-electron chi connectivity index (χ0n) is 10.9. The van der Waals surface area contributed by atoms with Gasteiger partial charge < -0.3 is 15.4 Å². The van der Waals surface area contributed by atoms with Gasteiger partial charge in [-0.1, -0.05) is 12.1 Å². The van der Waals surface area contributed by atoms with E-state index in [0.29, 0.717) is 6.54 Å². The summed E-state index contributed by atoms with van der Waals surface area (Å²) in [4.78, 5) is 6.42. The molecule has 1 heterocycles. The highest BCUT2D eigenvalue weighted by Gasteiger charge is 2.14. The number of ether oxygens (including phenoxy) is 1. The van der Waals surface area contributed by atoms with Crippen LogP contribution in [0.4, 0.5) is 11.5 Å². The fourth-order valence-electron chi connectivity index (χ4n) is 1.95. The van der Waals surface area contributed by atoms with Gasteiger partial charge in [-0.2, -0.15) is 0 Å². The monoisotopic (exact) mass is 321 g/mol. The Morgan fingerprint density at radius 3 is 2.79 bits per heavy atom. The van der Waals surface area contributed by atoms with Gasteiger partial charge in [-0.3, -0.25) is 0 Å². The van der Waals surface area contributed by atoms with E-state index in [4.69, 9.17) is 10.5 Å². The number of anilines is 2. The van der Waals surface area contributed by atoms with Crippen molar-refractivity contribution in [3.8, 4) is 5.75 Å². The van der Waals surface area contributed by atoms with Crippen molar-refractivity contribution in [2.24, 2.45) is 5.73 Å². The van der Waals surface area contributed by atoms with Gasteiger partial charge in [0.15, 0.2) is 0 Å². The topological polar surface area (TPSA) is 51.4 Å². The second-order valence-electron chi connectivity index (χ2n) is 4.07. The van der Waals surface area contributed by atoms with E-state index in [1.165, 1.54) is 0 Å². The van der Waals surface area contributed by atoms with Crippen molar-refractivity contribution in [2.75, 3.05) is 19.1 Å². The second kappa shape index (κ2) is 6.04. The molecular formula is C14H16BrN3O. The summed E-state index contributed by atoms with van der Waals surface area (Å²) in [7, 11) is 3.61. The van der Waals surface area contributed by atoms with Crippen LogP contribution >= 0.6 is 15.9 Å². The molecule has 0 aliphatic carbocycles. The van der Waals surface area contributed by atoms with Crippen molar-refractivity contribution in [1.29, 1.82) is 0 Å². The van der Waals surface area contributed by atoms with E-state index in [-0.39, 0.29) is 0 Å². The highest BCUT2D eigenvalue weighted by Crippen LogP contribution is 2.33. The summed E-state index contributed by atoms with van der Waals surface area (Å²) in [6.45, 7) is 0.432. The predicted octanol–water partition coefficient (Wildman–Crippen LogP) is 3.08. The number of rotatable bonds is 4. The summed E-state index contributed by atoms with van der Waals surface area (Å²) in [5.41, 5.74) is 7.72. The summed E-state index contributed by atoms with van der Waals surface area (Å²) in [6.07, 6.45) is 1.76. The van der Waals surface area contributed by atoms with Crippen LogP contribution < -0.4 is 15.4 Å². The number of pyridine rings is 1. The highest BCUT2D eigenvalue weighted by molar-refractivity contribution is 9.10. The fraction of sp³-hybridized carbons (Fsp3) is 0.214. The van der Waals surface area contributed by atoms with Crippen molar-refractivity contribution in [2.45, 2.75) is 6.54 Å². The average molecular weight is 322 g/mol. The van der Waals surface area contributed by atoms with E-state index >= 15 is 0 Å². The number of nitrogens with two attached hydrogens (primary N) is 1. The Bertz CT molecular complexity index is 574. The Hall–Kier alpha value is -1.59. The lowest BCUT2D eigenvalue weighted by molar-refractivity contribution is 0.415. The first kappa shape index (κ1) is 13.8. The molecule has 0 saturated carbocycles. The lowest BCUT2D eigenvalue weighted by atomic mass is 10.2. The molecule has 0 bridgehead atoms. The lowest BCUT2D eigenvalue weighted by Crippen LogP contribution is -2.16. The number of hydrogen-bond donors (Lipinski definition) is 1. The van der Waals surface area contributed by atoms with Crippen molar-refractivity contribution in [3.63, 3.8) is 0 Å². The van der Waals surface area contributed by atoms with Crippen LogP contribution in [0.15, 0.2) is 41.0 Å². The lowest BCUT2D eigenvalue weighted by Gasteiger charge is -2.23. The number of hydrogen-bond acceptors (Lipinski definition) is 4. The maximum atomic E-state index is 5.79. The molecule has 0 saturated heterocycles. The van der Waals surface area contributed by atoms with E-state index in [0.717, 1.165) is 27.3 Å². The summed E-state index contributed by atoms with van der Waals surface area (Å²) in [5, 5.41) is 0. The normalized spacial score (nSPS) is 10.3. The van der Waals surface area contributed by atoms with Gasteiger partial charge in [-0.25, -0.2) is 4.98 Å². The third-order valence-corrected chi connectivity index (χ3v) is 3.33. The second-order valence-corrected chi connectivity index (χ2v) is 4.99. The summed E-state index contributed by atoms with van der Waals surface area (Å²) < 4.78 is 6.30. The van der Waals surface area contributed by atoms with Crippen LogP contribution in [-0.2, 0) is 6.54 Å². The van der Waals surface area contributed by atoms with Gasteiger partial charge in [0.2, 0.25) is 0 Å². The Labute approximate surface area is 121 Å². The first-order valence-corrected chi connectivity index (χ1v) is 6.68. The van der Waals surface area contributed by atoms with Crippen LogP contribution in [0.1, 0.15) is 5.56 Å². The standard InChI is InChI=1S/C14H16BrN3O/c1-18(12-5-3-4-6-13(12)19-2)14-10(8-16)7-11(15)9-17-14/h3-7,9H,8,16H2,1-2H3. The van der Waals surface area contributed by atoms with Gasteiger partial charge in [0.25, 0.3) is 0 Å². The minimum absolute atomic E-state index is 0.432. The first-order valence-electron chi connectivity index (χ1n) is 5.88. The molecule has 0 radical (unpaired) electrons. The van der Waals surface area contributed by atoms with Crippen molar-refractivity contribution in [1.82, 2.24) is 4.98 Å². The SMILES string of the molecule is COc1ccccc1N(C)c1ncc(Br)cc1CN. The van der Waals surface area contributed by atoms with Crippen molar-refractivity contribution in [3.05, 3.63) is 46.6 Å². The van der Waals surface area contributed by atoms with E-state index in [1.54, 1.807) is 13.3 Å². The molecular weight excluding hydrogens is 306 g/mol. The van der Waals surface area contributed by atoms with E-state index in [2.05, 4.69) is 20.9 Å². The molecule has 0 amide bonds. The molecule has 0 fully saturated rings. The fourth-order valence-corrected chi connectivity index (χ4v) is 2.33. The van der Waals surface area contributed by atoms with Gasteiger partial charge in [-0.05, 0) is 34.1 Å². The minimum Gasteiger partial charge on any atom is -0.495 e. The van der Waals surface area contributed by atoms with E-state index in [1.807, 2.05) is 42.3 Å². The van der Waals surface area contributed by atoms with Crippen LogP contribution in [0, 0.1) is 0 Å². The smallest absolute Gasteiger partial charge is 0.142 e. The molecule has 0 unspecified atom stereocenters.